The van der Waals surface area contributed by atoms with Crippen molar-refractivity contribution in [1.29, 1.82) is 10.5 Å². The van der Waals surface area contributed by atoms with Crippen LogP contribution in [0, 0.1) is 34.5 Å². The Morgan fingerprint density at radius 1 is 1.07 bits per heavy atom. The molecule has 0 radical (unpaired) electrons. The van der Waals surface area contributed by atoms with Gasteiger partial charge in [0, 0.05) is 11.6 Å². The van der Waals surface area contributed by atoms with Crippen molar-refractivity contribution in [2.75, 3.05) is 0 Å². The SMILES string of the molecule is N#CC(C#N)=CC#Cc1ccccc1. The molecule has 14 heavy (non-hydrogen) atoms. The van der Waals surface area contributed by atoms with Gasteiger partial charge in [-0.15, -0.1) is 0 Å². The van der Waals surface area contributed by atoms with Crippen molar-refractivity contribution in [1.82, 2.24) is 0 Å². The van der Waals surface area contributed by atoms with Crippen molar-refractivity contribution in [2.24, 2.45) is 0 Å². The molecule has 0 bridgehead atoms. The lowest BCUT2D eigenvalue weighted by atomic mass is 10.2. The summed E-state index contributed by atoms with van der Waals surface area (Å²) in [5.41, 5.74) is 0.882. The lowest BCUT2D eigenvalue weighted by Gasteiger charge is -1.84. The lowest BCUT2D eigenvalue weighted by molar-refractivity contribution is 1.46. The van der Waals surface area contributed by atoms with Gasteiger partial charge in [0.25, 0.3) is 0 Å². The molecule has 0 heterocycles. The van der Waals surface area contributed by atoms with Crippen LogP contribution in [0.1, 0.15) is 5.56 Å². The first-order valence-corrected chi connectivity index (χ1v) is 3.94. The van der Waals surface area contributed by atoms with Gasteiger partial charge in [0.2, 0.25) is 0 Å². The third kappa shape index (κ3) is 2.86. The second-order valence-corrected chi connectivity index (χ2v) is 2.42. The zero-order valence-electron chi connectivity index (χ0n) is 7.36. The smallest absolute Gasteiger partial charge is 0.137 e. The highest BCUT2D eigenvalue weighted by Crippen LogP contribution is 1.95. The van der Waals surface area contributed by atoms with Crippen LogP contribution in [0.25, 0.3) is 0 Å². The highest BCUT2D eigenvalue weighted by molar-refractivity contribution is 5.44. The first-order chi connectivity index (χ1) is 6.86. The van der Waals surface area contributed by atoms with Crippen molar-refractivity contribution in [3.8, 4) is 24.0 Å². The summed E-state index contributed by atoms with van der Waals surface area (Å²) >= 11 is 0. The topological polar surface area (TPSA) is 47.6 Å². The summed E-state index contributed by atoms with van der Waals surface area (Å²) in [6.45, 7) is 0. The van der Waals surface area contributed by atoms with Gasteiger partial charge in [-0.25, -0.2) is 0 Å². The van der Waals surface area contributed by atoms with Crippen LogP contribution in [0.2, 0.25) is 0 Å². The minimum Gasteiger partial charge on any atom is -0.192 e. The Morgan fingerprint density at radius 2 is 1.71 bits per heavy atom. The second-order valence-electron chi connectivity index (χ2n) is 2.42. The van der Waals surface area contributed by atoms with E-state index in [9.17, 15) is 0 Å². The lowest BCUT2D eigenvalue weighted by Crippen LogP contribution is -1.71. The molecule has 0 atom stereocenters. The van der Waals surface area contributed by atoms with E-state index in [0.29, 0.717) is 0 Å². The van der Waals surface area contributed by atoms with Crippen LogP contribution in [-0.4, -0.2) is 0 Å². The minimum atomic E-state index is 0.0217. The standard InChI is InChI=1S/C12H6N2/c13-9-12(10-14)8-4-7-11-5-2-1-3-6-11/h1-3,5-6,8H. The Kier molecular flexibility index (Phi) is 3.56. The van der Waals surface area contributed by atoms with E-state index >= 15 is 0 Å². The van der Waals surface area contributed by atoms with Crippen LogP contribution < -0.4 is 0 Å². The quantitative estimate of drug-likeness (QED) is 0.450. The minimum absolute atomic E-state index is 0.0217. The summed E-state index contributed by atoms with van der Waals surface area (Å²) in [7, 11) is 0. The fourth-order valence-electron chi connectivity index (χ4n) is 0.803. The molecule has 0 aliphatic carbocycles. The average molecular weight is 178 g/mol. The summed E-state index contributed by atoms with van der Waals surface area (Å²) in [5.74, 6) is 5.46. The molecule has 0 aliphatic rings. The number of nitrogens with zero attached hydrogens (tertiary/aromatic N) is 2. The van der Waals surface area contributed by atoms with Crippen LogP contribution in [0.3, 0.4) is 0 Å². The van der Waals surface area contributed by atoms with Gasteiger partial charge < -0.3 is 0 Å². The highest BCUT2D eigenvalue weighted by Gasteiger charge is 1.86. The van der Waals surface area contributed by atoms with Crippen molar-refractivity contribution in [2.45, 2.75) is 0 Å². The number of benzene rings is 1. The van der Waals surface area contributed by atoms with E-state index in [0.717, 1.165) is 5.56 Å². The van der Waals surface area contributed by atoms with E-state index < -0.39 is 0 Å². The highest BCUT2D eigenvalue weighted by atomic mass is 14.3. The molecular weight excluding hydrogens is 172 g/mol. The number of hydrogen-bond acceptors (Lipinski definition) is 2. The van der Waals surface area contributed by atoms with Crippen LogP contribution >= 0.6 is 0 Å². The van der Waals surface area contributed by atoms with Crippen molar-refractivity contribution in [3.63, 3.8) is 0 Å². The van der Waals surface area contributed by atoms with Gasteiger partial charge in [0.1, 0.15) is 17.7 Å². The van der Waals surface area contributed by atoms with E-state index in [1.165, 1.54) is 6.08 Å². The molecule has 0 unspecified atom stereocenters. The van der Waals surface area contributed by atoms with Crippen LogP contribution in [0.15, 0.2) is 42.0 Å². The molecule has 2 heteroatoms. The van der Waals surface area contributed by atoms with Gasteiger partial charge in [-0.3, -0.25) is 0 Å². The molecule has 1 aromatic rings. The normalized spacial score (nSPS) is 7.29. The van der Waals surface area contributed by atoms with Crippen molar-refractivity contribution in [3.05, 3.63) is 47.5 Å². The predicted molar refractivity (Wildman–Crippen MR) is 52.6 cm³/mol. The van der Waals surface area contributed by atoms with E-state index in [4.69, 9.17) is 10.5 Å². The molecule has 0 aromatic heterocycles. The van der Waals surface area contributed by atoms with Gasteiger partial charge in [0.05, 0.1) is 0 Å². The number of allylic oxidation sites excluding steroid dienone is 2. The summed E-state index contributed by atoms with van der Waals surface area (Å²) in [6, 6.07) is 12.8. The average Bonchev–Trinajstić information content (AvgIpc) is 2.26. The fourth-order valence-corrected chi connectivity index (χ4v) is 0.803. The third-order valence-corrected chi connectivity index (χ3v) is 1.45. The van der Waals surface area contributed by atoms with Gasteiger partial charge in [-0.2, -0.15) is 10.5 Å². The predicted octanol–water partition coefficient (Wildman–Crippen LogP) is 2.01. The molecule has 0 N–H and O–H groups in total. The summed E-state index contributed by atoms with van der Waals surface area (Å²) < 4.78 is 0. The third-order valence-electron chi connectivity index (χ3n) is 1.45. The Balaban J connectivity index is 2.82. The fraction of sp³-hybridized carbons (Fsp3) is 0. The van der Waals surface area contributed by atoms with Crippen molar-refractivity contribution >= 4 is 0 Å². The number of rotatable bonds is 0. The summed E-state index contributed by atoms with van der Waals surface area (Å²) in [5, 5.41) is 16.8. The molecule has 1 aromatic carbocycles. The molecule has 0 fully saturated rings. The number of nitriles is 2. The second kappa shape index (κ2) is 5.20. The van der Waals surface area contributed by atoms with Gasteiger partial charge in [0.15, 0.2) is 0 Å². The van der Waals surface area contributed by atoms with E-state index in [2.05, 4.69) is 11.8 Å². The van der Waals surface area contributed by atoms with Crippen LogP contribution in [-0.2, 0) is 0 Å². The molecular formula is C12H6N2. The van der Waals surface area contributed by atoms with E-state index in [1.54, 1.807) is 12.1 Å². The largest absolute Gasteiger partial charge is 0.192 e. The Hall–Kier alpha value is -2.50. The zero-order valence-corrected chi connectivity index (χ0v) is 7.36. The van der Waals surface area contributed by atoms with Gasteiger partial charge in [-0.05, 0) is 12.1 Å². The molecule has 1 rings (SSSR count). The molecule has 0 saturated heterocycles. The maximum absolute atomic E-state index is 8.41. The molecule has 2 nitrogen and oxygen atoms in total. The maximum atomic E-state index is 8.41. The molecule has 0 spiro atoms. The van der Waals surface area contributed by atoms with E-state index in [1.807, 2.05) is 30.3 Å². The van der Waals surface area contributed by atoms with Crippen molar-refractivity contribution < 1.29 is 0 Å². The Bertz CT molecular complexity index is 457. The molecule has 0 aliphatic heterocycles. The maximum Gasteiger partial charge on any atom is 0.137 e. The summed E-state index contributed by atoms with van der Waals surface area (Å²) in [6.07, 6.45) is 1.31. The molecule has 64 valence electrons. The first-order valence-electron chi connectivity index (χ1n) is 3.94. The monoisotopic (exact) mass is 178 g/mol. The Morgan fingerprint density at radius 3 is 2.29 bits per heavy atom. The zero-order chi connectivity index (χ0) is 10.2. The van der Waals surface area contributed by atoms with Crippen LogP contribution in [0.5, 0.6) is 0 Å². The van der Waals surface area contributed by atoms with Crippen LogP contribution in [0.4, 0.5) is 0 Å². The molecule has 0 amide bonds. The van der Waals surface area contributed by atoms with Gasteiger partial charge >= 0.3 is 0 Å². The molecule has 0 saturated carbocycles. The number of hydrogen-bond donors (Lipinski definition) is 0. The van der Waals surface area contributed by atoms with Gasteiger partial charge in [-0.1, -0.05) is 30.0 Å². The first kappa shape index (κ1) is 9.59. The Labute approximate surface area is 82.7 Å². The summed E-state index contributed by atoms with van der Waals surface area (Å²) in [4.78, 5) is 0. The van der Waals surface area contributed by atoms with E-state index in [-0.39, 0.29) is 5.57 Å².